The molecule has 0 saturated carbocycles. The minimum absolute atomic E-state index is 1.08. The summed E-state index contributed by atoms with van der Waals surface area (Å²) in [5, 5.41) is 10.1. The lowest BCUT2D eigenvalue weighted by Gasteiger charge is -2.26. The van der Waals surface area contributed by atoms with Crippen LogP contribution in [0.4, 0.5) is 17.1 Å². The molecule has 0 aliphatic heterocycles. The van der Waals surface area contributed by atoms with Crippen LogP contribution in [-0.4, -0.2) is 13.7 Å². The first-order valence-corrected chi connectivity index (χ1v) is 25.1. The Morgan fingerprint density at radius 2 is 0.690 bits per heavy atom. The quantitative estimate of drug-likeness (QED) is 0.156. The van der Waals surface area contributed by atoms with E-state index in [9.17, 15) is 0 Å². The summed E-state index contributed by atoms with van der Waals surface area (Å²) in [6, 6.07) is 93.4. The van der Waals surface area contributed by atoms with Gasteiger partial charge in [-0.3, -0.25) is 0 Å². The number of anilines is 3. The highest BCUT2D eigenvalue weighted by Crippen LogP contribution is 2.46. The topological polar surface area (TPSA) is 18.0 Å². The minimum atomic E-state index is 1.08. The van der Waals surface area contributed by atoms with E-state index in [1.807, 2.05) is 11.3 Å². The lowest BCUT2D eigenvalue weighted by molar-refractivity contribution is 1.18. The van der Waals surface area contributed by atoms with E-state index in [2.05, 4.69) is 273 Å². The molecule has 0 aliphatic carbocycles. The molecule has 0 fully saturated rings. The van der Waals surface area contributed by atoms with Crippen LogP contribution in [0, 0.1) is 0 Å². The molecule has 4 aromatic heterocycles. The predicted octanol–water partition coefficient (Wildman–Crippen LogP) is 18.5. The summed E-state index contributed by atoms with van der Waals surface area (Å²) in [4.78, 5) is 2.43. The van der Waals surface area contributed by atoms with Crippen molar-refractivity contribution in [3.63, 3.8) is 0 Å². The van der Waals surface area contributed by atoms with Gasteiger partial charge < -0.3 is 18.6 Å². The molecule has 0 N–H and O–H groups in total. The second-order valence-corrected chi connectivity index (χ2v) is 19.6. The van der Waals surface area contributed by atoms with Crippen molar-refractivity contribution in [3.05, 3.63) is 255 Å². The monoisotopic (exact) mass is 922 g/mol. The summed E-state index contributed by atoms with van der Waals surface area (Å²) in [6.45, 7) is 0. The molecule has 0 aliphatic rings. The number of fused-ring (bicyclic) bond motifs is 13. The fraction of sp³-hybridized carbons (Fsp3) is 0. The molecule has 71 heavy (non-hydrogen) atoms. The smallest absolute Gasteiger partial charge is 0.0555 e. The van der Waals surface area contributed by atoms with Crippen molar-refractivity contribution >= 4 is 114 Å². The van der Waals surface area contributed by atoms with Gasteiger partial charge in [0, 0.05) is 86.6 Å². The number of aromatic nitrogens is 3. The average Bonchev–Trinajstić information content (AvgIpc) is 4.18. The first kappa shape index (κ1) is 39.8. The van der Waals surface area contributed by atoms with Crippen molar-refractivity contribution in [2.24, 2.45) is 0 Å². The molecular weight excluding hydrogens is 881 g/mol. The molecule has 0 unspecified atom stereocenters. The summed E-state index contributed by atoms with van der Waals surface area (Å²) in [5.74, 6) is 0. The molecule has 0 bridgehead atoms. The van der Waals surface area contributed by atoms with Crippen LogP contribution < -0.4 is 4.90 Å². The van der Waals surface area contributed by atoms with Crippen LogP contribution in [0.1, 0.15) is 0 Å². The van der Waals surface area contributed by atoms with E-state index in [0.29, 0.717) is 0 Å². The highest BCUT2D eigenvalue weighted by Gasteiger charge is 2.22. The molecule has 5 heteroatoms. The summed E-state index contributed by atoms with van der Waals surface area (Å²) < 4.78 is 9.85. The Bertz CT molecular complexity index is 4400. The maximum Gasteiger partial charge on any atom is 0.0555 e. The van der Waals surface area contributed by atoms with Gasteiger partial charge in [-0.2, -0.15) is 0 Å². The van der Waals surface area contributed by atoms with E-state index in [0.717, 1.165) is 34.1 Å². The van der Waals surface area contributed by atoms with Gasteiger partial charge in [-0.25, -0.2) is 0 Å². The van der Waals surface area contributed by atoms with E-state index < -0.39 is 0 Å². The molecule has 0 amide bonds. The molecule has 4 nitrogen and oxygen atoms in total. The SMILES string of the molecule is c1ccc(-n2c3ccccc3c3cc(N(c4ccc(-c5ccc6c(c5)c5c7sc8ccccc8c7ccc5n6-c5ccccc5)cc4)c4ccc5c(c4)c4ccccc4n5-c4ccccc4)ccc32)cc1. The summed E-state index contributed by atoms with van der Waals surface area (Å²) in [5.41, 5.74) is 16.2. The minimum Gasteiger partial charge on any atom is -0.310 e. The molecule has 11 aromatic carbocycles. The number of rotatable bonds is 7. The van der Waals surface area contributed by atoms with Crippen LogP contribution in [0.15, 0.2) is 255 Å². The molecule has 4 heterocycles. The Labute approximate surface area is 413 Å². The fourth-order valence-electron chi connectivity index (χ4n) is 11.5. The van der Waals surface area contributed by atoms with Crippen molar-refractivity contribution in [3.8, 4) is 28.2 Å². The van der Waals surface area contributed by atoms with Gasteiger partial charge in [-0.05, 0) is 132 Å². The summed E-state index contributed by atoms with van der Waals surface area (Å²) in [7, 11) is 0. The van der Waals surface area contributed by atoms with Gasteiger partial charge in [0.1, 0.15) is 0 Å². The van der Waals surface area contributed by atoms with Crippen LogP contribution in [-0.2, 0) is 0 Å². The first-order chi connectivity index (χ1) is 35.2. The zero-order valence-electron chi connectivity index (χ0n) is 38.4. The van der Waals surface area contributed by atoms with Gasteiger partial charge in [0.05, 0.1) is 33.1 Å². The van der Waals surface area contributed by atoms with Crippen molar-refractivity contribution in [1.82, 2.24) is 13.7 Å². The summed E-state index contributed by atoms with van der Waals surface area (Å²) >= 11 is 1.90. The number of benzene rings is 11. The first-order valence-electron chi connectivity index (χ1n) is 24.3. The van der Waals surface area contributed by atoms with Crippen molar-refractivity contribution in [2.75, 3.05) is 4.90 Å². The number of hydrogen-bond acceptors (Lipinski definition) is 2. The van der Waals surface area contributed by atoms with Crippen LogP contribution in [0.3, 0.4) is 0 Å². The third kappa shape index (κ3) is 6.10. The largest absolute Gasteiger partial charge is 0.310 e. The number of hydrogen-bond donors (Lipinski definition) is 0. The van der Waals surface area contributed by atoms with Crippen LogP contribution in [0.25, 0.3) is 114 Å². The van der Waals surface area contributed by atoms with E-state index in [1.54, 1.807) is 0 Å². The van der Waals surface area contributed by atoms with Gasteiger partial charge in [0.15, 0.2) is 0 Å². The van der Waals surface area contributed by atoms with Crippen LogP contribution >= 0.6 is 11.3 Å². The zero-order valence-corrected chi connectivity index (χ0v) is 39.3. The van der Waals surface area contributed by atoms with Crippen LogP contribution in [0.5, 0.6) is 0 Å². The van der Waals surface area contributed by atoms with Gasteiger partial charge in [-0.15, -0.1) is 11.3 Å². The van der Waals surface area contributed by atoms with Gasteiger partial charge in [0.2, 0.25) is 0 Å². The standard InChI is InChI=1S/C66H42N4S/c1-4-16-45(17-5-1)68-58-25-13-10-22-51(58)55-41-49(33-37-60(55)68)67(50-34-38-61-56(42-50)52-23-11-14-26-59(52)69(61)46-18-6-2-7-19-46)48-31-28-43(29-32-48)44-30-36-62-57(40-44)65-63(70(62)47-20-8-3-9-21-47)39-35-54-53-24-12-15-27-64(53)71-66(54)65/h1-42H. The molecule has 332 valence electrons. The lowest BCUT2D eigenvalue weighted by Crippen LogP contribution is -2.10. The lowest BCUT2D eigenvalue weighted by atomic mass is 10.0. The molecule has 0 radical (unpaired) electrons. The molecule has 15 aromatic rings. The zero-order chi connectivity index (χ0) is 46.6. The molecular formula is C66H42N4S. The Balaban J connectivity index is 0.919. The highest BCUT2D eigenvalue weighted by molar-refractivity contribution is 7.26. The number of nitrogens with zero attached hydrogens (tertiary/aromatic N) is 4. The Morgan fingerprint density at radius 1 is 0.268 bits per heavy atom. The Kier molecular flexibility index (Phi) is 8.79. The van der Waals surface area contributed by atoms with Crippen molar-refractivity contribution in [2.45, 2.75) is 0 Å². The maximum absolute atomic E-state index is 2.43. The molecule has 0 atom stereocenters. The third-order valence-electron chi connectivity index (χ3n) is 14.6. The second kappa shape index (κ2) is 15.7. The number of para-hydroxylation sites is 5. The normalized spacial score (nSPS) is 11.9. The van der Waals surface area contributed by atoms with Gasteiger partial charge >= 0.3 is 0 Å². The van der Waals surface area contributed by atoms with E-state index in [-0.39, 0.29) is 0 Å². The molecule has 0 saturated heterocycles. The maximum atomic E-state index is 2.43. The Hall–Kier alpha value is -9.16. The molecule has 0 spiro atoms. The van der Waals surface area contributed by atoms with E-state index in [1.165, 1.54) is 96.7 Å². The second-order valence-electron chi connectivity index (χ2n) is 18.5. The predicted molar refractivity (Wildman–Crippen MR) is 302 cm³/mol. The van der Waals surface area contributed by atoms with E-state index >= 15 is 0 Å². The Morgan fingerprint density at radius 3 is 1.27 bits per heavy atom. The van der Waals surface area contributed by atoms with Crippen molar-refractivity contribution in [1.29, 1.82) is 0 Å². The van der Waals surface area contributed by atoms with Gasteiger partial charge in [-0.1, -0.05) is 133 Å². The fourth-order valence-corrected chi connectivity index (χ4v) is 12.7. The third-order valence-corrected chi connectivity index (χ3v) is 15.8. The summed E-state index contributed by atoms with van der Waals surface area (Å²) in [6.07, 6.45) is 0. The van der Waals surface area contributed by atoms with E-state index in [4.69, 9.17) is 0 Å². The van der Waals surface area contributed by atoms with Crippen molar-refractivity contribution < 1.29 is 0 Å². The number of thiophene rings is 1. The average molecular weight is 923 g/mol. The van der Waals surface area contributed by atoms with Gasteiger partial charge in [0.25, 0.3) is 0 Å². The molecule has 15 rings (SSSR count). The highest BCUT2D eigenvalue weighted by atomic mass is 32.1. The van der Waals surface area contributed by atoms with Crippen LogP contribution in [0.2, 0.25) is 0 Å².